The zero-order valence-electron chi connectivity index (χ0n) is 16.2. The van der Waals surface area contributed by atoms with Gasteiger partial charge in [0.05, 0.1) is 5.56 Å². The second-order valence-corrected chi connectivity index (χ2v) is 9.33. The van der Waals surface area contributed by atoms with E-state index in [9.17, 15) is 30.8 Å². The molecule has 2 aliphatic rings. The van der Waals surface area contributed by atoms with E-state index in [4.69, 9.17) is 0 Å². The van der Waals surface area contributed by atoms with Crippen molar-refractivity contribution >= 4 is 27.3 Å². The fraction of sp³-hybridized carbons (Fsp3) is 0.350. The van der Waals surface area contributed by atoms with Crippen LogP contribution in [-0.2, 0) is 27.4 Å². The van der Waals surface area contributed by atoms with Gasteiger partial charge in [-0.15, -0.1) is 0 Å². The first-order chi connectivity index (χ1) is 14.6. The highest BCUT2D eigenvalue weighted by molar-refractivity contribution is 7.89. The maximum absolute atomic E-state index is 14.6. The molecule has 2 aromatic carbocycles. The van der Waals surface area contributed by atoms with E-state index in [0.717, 1.165) is 22.5 Å². The molecule has 1 saturated heterocycles. The fourth-order valence-electron chi connectivity index (χ4n) is 3.78. The van der Waals surface area contributed by atoms with Crippen LogP contribution in [0.5, 0.6) is 0 Å². The Balaban J connectivity index is 1.52. The van der Waals surface area contributed by atoms with Crippen molar-refractivity contribution in [3.05, 3.63) is 53.3 Å². The summed E-state index contributed by atoms with van der Waals surface area (Å²) >= 11 is 0. The number of amides is 1. The van der Waals surface area contributed by atoms with Gasteiger partial charge in [0, 0.05) is 44.0 Å². The van der Waals surface area contributed by atoms with Crippen LogP contribution < -0.4 is 10.2 Å². The van der Waals surface area contributed by atoms with Crippen LogP contribution >= 0.6 is 0 Å². The summed E-state index contributed by atoms with van der Waals surface area (Å²) in [6.45, 7) is 0.351. The summed E-state index contributed by atoms with van der Waals surface area (Å²) in [7, 11) is -4.14. The first-order valence-electron chi connectivity index (χ1n) is 9.60. The van der Waals surface area contributed by atoms with Gasteiger partial charge in [0.1, 0.15) is 10.7 Å². The molecule has 0 aliphatic carbocycles. The van der Waals surface area contributed by atoms with Crippen molar-refractivity contribution in [3.63, 3.8) is 0 Å². The van der Waals surface area contributed by atoms with Gasteiger partial charge in [0.25, 0.3) is 0 Å². The maximum Gasteiger partial charge on any atom is 0.416 e. The summed E-state index contributed by atoms with van der Waals surface area (Å²) < 4.78 is 80.6. The van der Waals surface area contributed by atoms with E-state index in [2.05, 4.69) is 5.32 Å². The molecule has 166 valence electrons. The zero-order valence-corrected chi connectivity index (χ0v) is 17.1. The quantitative estimate of drug-likeness (QED) is 0.719. The molecule has 2 aromatic rings. The molecule has 0 radical (unpaired) electrons. The van der Waals surface area contributed by atoms with Crippen molar-refractivity contribution in [1.29, 1.82) is 0 Å². The highest BCUT2D eigenvalue weighted by Crippen LogP contribution is 2.33. The number of piperazine rings is 1. The summed E-state index contributed by atoms with van der Waals surface area (Å²) in [5.74, 6) is -1.21. The molecule has 0 aromatic heterocycles. The molecule has 1 N–H and O–H groups in total. The normalized spacial score (nSPS) is 17.9. The monoisotopic (exact) mass is 457 g/mol. The number of hydrogen-bond donors (Lipinski definition) is 1. The van der Waals surface area contributed by atoms with E-state index in [1.165, 1.54) is 18.2 Å². The summed E-state index contributed by atoms with van der Waals surface area (Å²) in [4.78, 5) is 12.7. The summed E-state index contributed by atoms with van der Waals surface area (Å²) in [6, 6.07) is 7.11. The number of carbonyl (C=O) groups excluding carboxylic acids is 1. The van der Waals surface area contributed by atoms with E-state index in [0.29, 0.717) is 17.7 Å². The largest absolute Gasteiger partial charge is 0.416 e. The SMILES string of the molecule is O=C1CCc2cc(S(=O)(=O)N3CCN(c4cccc(C(F)(F)F)c4)CC3)c(F)cc2N1. The van der Waals surface area contributed by atoms with E-state index in [1.54, 1.807) is 4.90 Å². The predicted molar refractivity (Wildman–Crippen MR) is 106 cm³/mol. The summed E-state index contributed by atoms with van der Waals surface area (Å²) in [5.41, 5.74) is 0.384. The number of nitrogens with zero attached hydrogens (tertiary/aromatic N) is 2. The lowest BCUT2D eigenvalue weighted by Gasteiger charge is -2.35. The van der Waals surface area contributed by atoms with Crippen LogP contribution in [0.15, 0.2) is 41.3 Å². The topological polar surface area (TPSA) is 69.7 Å². The van der Waals surface area contributed by atoms with Gasteiger partial charge >= 0.3 is 6.18 Å². The molecule has 2 aliphatic heterocycles. The third kappa shape index (κ3) is 4.24. The number of aryl methyl sites for hydroxylation is 1. The molecule has 0 spiro atoms. The van der Waals surface area contributed by atoms with Crippen molar-refractivity contribution in [1.82, 2.24) is 4.31 Å². The highest BCUT2D eigenvalue weighted by atomic mass is 32.2. The molecule has 0 unspecified atom stereocenters. The van der Waals surface area contributed by atoms with Crippen molar-refractivity contribution in [2.75, 3.05) is 36.4 Å². The number of hydrogen-bond acceptors (Lipinski definition) is 4. The molecule has 1 amide bonds. The smallest absolute Gasteiger partial charge is 0.369 e. The van der Waals surface area contributed by atoms with Crippen molar-refractivity contribution in [2.45, 2.75) is 23.9 Å². The van der Waals surface area contributed by atoms with Crippen LogP contribution in [0.3, 0.4) is 0 Å². The summed E-state index contributed by atoms with van der Waals surface area (Å²) in [6.07, 6.45) is -3.97. The van der Waals surface area contributed by atoms with Crippen molar-refractivity contribution < 1.29 is 30.8 Å². The van der Waals surface area contributed by atoms with Gasteiger partial charge in [0.2, 0.25) is 15.9 Å². The van der Waals surface area contributed by atoms with Gasteiger partial charge in [-0.2, -0.15) is 17.5 Å². The fourth-order valence-corrected chi connectivity index (χ4v) is 5.30. The van der Waals surface area contributed by atoms with Crippen molar-refractivity contribution in [2.24, 2.45) is 0 Å². The minimum atomic E-state index is -4.47. The number of fused-ring (bicyclic) bond motifs is 1. The summed E-state index contributed by atoms with van der Waals surface area (Å²) in [5, 5.41) is 2.52. The van der Waals surface area contributed by atoms with Gasteiger partial charge in [-0.25, -0.2) is 12.8 Å². The molecule has 0 atom stereocenters. The lowest BCUT2D eigenvalue weighted by molar-refractivity contribution is -0.137. The second-order valence-electron chi connectivity index (χ2n) is 7.43. The minimum absolute atomic E-state index is 0.00579. The molecular weight excluding hydrogens is 438 g/mol. The third-order valence-electron chi connectivity index (χ3n) is 5.45. The molecule has 11 heteroatoms. The Hall–Kier alpha value is -2.66. The molecule has 0 bridgehead atoms. The van der Waals surface area contributed by atoms with Gasteiger partial charge in [-0.1, -0.05) is 6.07 Å². The minimum Gasteiger partial charge on any atom is -0.369 e. The molecule has 0 saturated carbocycles. The number of anilines is 2. The van der Waals surface area contributed by atoms with E-state index < -0.39 is 32.5 Å². The lowest BCUT2D eigenvalue weighted by Crippen LogP contribution is -2.48. The van der Waals surface area contributed by atoms with Gasteiger partial charge in [-0.05, 0) is 42.3 Å². The lowest BCUT2D eigenvalue weighted by atomic mass is 10.0. The Morgan fingerprint density at radius 1 is 0.968 bits per heavy atom. The van der Waals surface area contributed by atoms with Crippen LogP contribution in [0.2, 0.25) is 0 Å². The van der Waals surface area contributed by atoms with Gasteiger partial charge in [-0.3, -0.25) is 4.79 Å². The number of benzene rings is 2. The van der Waals surface area contributed by atoms with Gasteiger partial charge in [0.15, 0.2) is 0 Å². The molecule has 6 nitrogen and oxygen atoms in total. The van der Waals surface area contributed by atoms with Crippen LogP contribution in [0.1, 0.15) is 17.5 Å². The number of alkyl halides is 3. The Morgan fingerprint density at radius 2 is 1.68 bits per heavy atom. The number of carbonyl (C=O) groups is 1. The molecule has 2 heterocycles. The Morgan fingerprint density at radius 3 is 2.35 bits per heavy atom. The molecule has 1 fully saturated rings. The Kier molecular flexibility index (Phi) is 5.42. The Bertz CT molecular complexity index is 1130. The van der Waals surface area contributed by atoms with E-state index in [-0.39, 0.29) is 44.2 Å². The van der Waals surface area contributed by atoms with Crippen LogP contribution in [0.4, 0.5) is 28.9 Å². The number of rotatable bonds is 3. The number of sulfonamides is 1. The molecular formula is C20H19F4N3O3S. The maximum atomic E-state index is 14.6. The van der Waals surface area contributed by atoms with Gasteiger partial charge < -0.3 is 10.2 Å². The number of halogens is 4. The first kappa shape index (κ1) is 21.6. The third-order valence-corrected chi connectivity index (χ3v) is 7.36. The first-order valence-corrected chi connectivity index (χ1v) is 11.0. The standard InChI is InChI=1S/C20H19F4N3O3S/c21-16-12-17-13(4-5-19(28)25-17)10-18(16)31(29,30)27-8-6-26(7-9-27)15-3-1-2-14(11-15)20(22,23)24/h1-3,10-12H,4-9H2,(H,25,28). The molecule has 4 rings (SSSR count). The average Bonchev–Trinajstić information content (AvgIpc) is 2.72. The zero-order chi connectivity index (χ0) is 22.4. The second kappa shape index (κ2) is 7.79. The van der Waals surface area contributed by atoms with E-state index in [1.807, 2.05) is 0 Å². The van der Waals surface area contributed by atoms with Crippen LogP contribution in [-0.4, -0.2) is 44.8 Å². The van der Waals surface area contributed by atoms with Crippen molar-refractivity contribution in [3.8, 4) is 0 Å². The Labute approximate surface area is 176 Å². The predicted octanol–water partition coefficient (Wildman–Crippen LogP) is 3.24. The average molecular weight is 457 g/mol. The van der Waals surface area contributed by atoms with Crippen LogP contribution in [0, 0.1) is 5.82 Å². The van der Waals surface area contributed by atoms with E-state index >= 15 is 0 Å². The highest BCUT2D eigenvalue weighted by Gasteiger charge is 2.34. The molecule has 31 heavy (non-hydrogen) atoms. The van der Waals surface area contributed by atoms with Crippen LogP contribution in [0.25, 0.3) is 0 Å². The number of nitrogens with one attached hydrogen (secondary N) is 1.